The molecule has 18 heavy (non-hydrogen) atoms. The molecule has 5 heteroatoms. The molecule has 0 saturated carbocycles. The predicted molar refractivity (Wildman–Crippen MR) is 77.7 cm³/mol. The molecule has 2 aliphatic rings. The van der Waals surface area contributed by atoms with E-state index in [0.717, 1.165) is 39.3 Å². The highest BCUT2D eigenvalue weighted by Gasteiger charge is 2.10. The van der Waals surface area contributed by atoms with Crippen LogP contribution in [0, 0.1) is 0 Å². The van der Waals surface area contributed by atoms with Crippen molar-refractivity contribution in [2.24, 2.45) is 0 Å². The third-order valence-corrected chi connectivity index (χ3v) is 3.47. The van der Waals surface area contributed by atoms with Gasteiger partial charge in [0.1, 0.15) is 0 Å². The first-order chi connectivity index (χ1) is 8.72. The van der Waals surface area contributed by atoms with E-state index in [1.165, 1.54) is 19.5 Å². The topological polar surface area (TPSA) is 42.6 Å². The van der Waals surface area contributed by atoms with E-state index < -0.39 is 0 Å². The highest BCUT2D eigenvalue weighted by Crippen LogP contribution is 1.93. The Kier molecular flexibility index (Phi) is 8.54. The summed E-state index contributed by atoms with van der Waals surface area (Å²) in [6.07, 6.45) is 1.20. The molecule has 2 heterocycles. The molecule has 2 rings (SSSR count). The Balaban J connectivity index is 0.000000199. The Morgan fingerprint density at radius 1 is 1.00 bits per heavy atom. The van der Waals surface area contributed by atoms with Gasteiger partial charge in [-0.15, -0.1) is 0 Å². The minimum absolute atomic E-state index is 0.619. The molecule has 0 radical (unpaired) electrons. The number of nitrogens with zero attached hydrogens (tertiary/aromatic N) is 2. The van der Waals surface area contributed by atoms with Gasteiger partial charge in [-0.2, -0.15) is 0 Å². The largest absolute Gasteiger partial charge is 0.314 e. The number of rotatable bonds is 3. The Hall–Kier alpha value is -0.200. The fraction of sp³-hybridized carbons (Fsp3) is 1.00. The Morgan fingerprint density at radius 2 is 1.50 bits per heavy atom. The van der Waals surface area contributed by atoms with Crippen LogP contribution in [0.15, 0.2) is 0 Å². The van der Waals surface area contributed by atoms with Crippen molar-refractivity contribution in [1.82, 2.24) is 26.0 Å². The molecule has 0 spiro atoms. The lowest BCUT2D eigenvalue weighted by Crippen LogP contribution is -2.52. The summed E-state index contributed by atoms with van der Waals surface area (Å²) in [5, 5.41) is 8.91. The van der Waals surface area contributed by atoms with Crippen LogP contribution in [-0.2, 0) is 0 Å². The molecule has 0 aromatic carbocycles. The first kappa shape index (κ1) is 15.9. The zero-order valence-corrected chi connectivity index (χ0v) is 12.3. The van der Waals surface area contributed by atoms with Crippen LogP contribution in [0.4, 0.5) is 0 Å². The predicted octanol–water partition coefficient (Wildman–Crippen LogP) is -0.284. The SMILES string of the molecule is CCC(C)NN1CCNCC1.CN1CCNCC1. The third kappa shape index (κ3) is 7.28. The lowest BCUT2D eigenvalue weighted by atomic mass is 10.3. The fourth-order valence-corrected chi connectivity index (χ4v) is 1.97. The minimum Gasteiger partial charge on any atom is -0.314 e. The Morgan fingerprint density at radius 3 is 1.89 bits per heavy atom. The zero-order valence-electron chi connectivity index (χ0n) is 12.3. The maximum atomic E-state index is 3.46. The molecule has 3 N–H and O–H groups in total. The standard InChI is InChI=1S/C8H19N3.C5H12N2/c1-3-8(2)10-11-6-4-9-5-7-11;1-7-4-2-6-3-5-7/h8-10H,3-7H2,1-2H3;6H,2-5H2,1H3. The van der Waals surface area contributed by atoms with Gasteiger partial charge in [0, 0.05) is 58.4 Å². The van der Waals surface area contributed by atoms with Gasteiger partial charge < -0.3 is 15.5 Å². The first-order valence-corrected chi connectivity index (χ1v) is 7.33. The van der Waals surface area contributed by atoms with Crippen LogP contribution in [-0.4, -0.2) is 75.4 Å². The van der Waals surface area contributed by atoms with Crippen molar-refractivity contribution in [1.29, 1.82) is 0 Å². The average Bonchev–Trinajstić information content (AvgIpc) is 2.41. The molecular weight excluding hydrogens is 226 g/mol. The summed E-state index contributed by atoms with van der Waals surface area (Å²) >= 11 is 0. The van der Waals surface area contributed by atoms with Crippen LogP contribution in [0.1, 0.15) is 20.3 Å². The maximum Gasteiger partial charge on any atom is 0.0256 e. The van der Waals surface area contributed by atoms with Crippen molar-refractivity contribution in [2.75, 3.05) is 59.4 Å². The number of hydrazine groups is 1. The summed E-state index contributed by atoms with van der Waals surface area (Å²) < 4.78 is 0. The van der Waals surface area contributed by atoms with Gasteiger partial charge in [0.15, 0.2) is 0 Å². The van der Waals surface area contributed by atoms with Crippen LogP contribution < -0.4 is 16.1 Å². The van der Waals surface area contributed by atoms with Gasteiger partial charge >= 0.3 is 0 Å². The number of hydrogen-bond donors (Lipinski definition) is 3. The molecule has 1 atom stereocenters. The summed E-state index contributed by atoms with van der Waals surface area (Å²) in [7, 11) is 2.15. The van der Waals surface area contributed by atoms with E-state index in [0.29, 0.717) is 6.04 Å². The van der Waals surface area contributed by atoms with Crippen molar-refractivity contribution in [2.45, 2.75) is 26.3 Å². The third-order valence-electron chi connectivity index (χ3n) is 3.47. The van der Waals surface area contributed by atoms with Crippen molar-refractivity contribution < 1.29 is 0 Å². The molecule has 108 valence electrons. The number of likely N-dealkylation sites (N-methyl/N-ethyl adjacent to an activating group) is 1. The number of piperazine rings is 2. The van der Waals surface area contributed by atoms with E-state index in [9.17, 15) is 0 Å². The molecule has 5 nitrogen and oxygen atoms in total. The van der Waals surface area contributed by atoms with Gasteiger partial charge in [0.05, 0.1) is 0 Å². The monoisotopic (exact) mass is 257 g/mol. The molecule has 0 aromatic rings. The lowest BCUT2D eigenvalue weighted by Gasteiger charge is -2.30. The van der Waals surface area contributed by atoms with Gasteiger partial charge in [-0.25, -0.2) is 5.01 Å². The van der Waals surface area contributed by atoms with E-state index in [1.807, 2.05) is 0 Å². The normalized spacial score (nSPS) is 24.2. The minimum atomic E-state index is 0.619. The first-order valence-electron chi connectivity index (χ1n) is 7.33. The van der Waals surface area contributed by atoms with Crippen molar-refractivity contribution in [3.05, 3.63) is 0 Å². The van der Waals surface area contributed by atoms with Gasteiger partial charge in [0.2, 0.25) is 0 Å². The van der Waals surface area contributed by atoms with Crippen LogP contribution in [0.3, 0.4) is 0 Å². The molecule has 0 aliphatic carbocycles. The highest BCUT2D eigenvalue weighted by molar-refractivity contribution is 4.66. The molecule has 2 aliphatic heterocycles. The fourth-order valence-electron chi connectivity index (χ4n) is 1.97. The molecule has 0 aromatic heterocycles. The van der Waals surface area contributed by atoms with E-state index in [1.54, 1.807) is 0 Å². The van der Waals surface area contributed by atoms with Gasteiger partial charge in [-0.1, -0.05) is 6.92 Å². The van der Waals surface area contributed by atoms with Gasteiger partial charge in [-0.3, -0.25) is 5.43 Å². The van der Waals surface area contributed by atoms with Crippen LogP contribution in [0.25, 0.3) is 0 Å². The average molecular weight is 257 g/mol. The summed E-state index contributed by atoms with van der Waals surface area (Å²) in [6.45, 7) is 13.7. The second kappa shape index (κ2) is 9.69. The quantitative estimate of drug-likeness (QED) is 0.649. The van der Waals surface area contributed by atoms with Gasteiger partial charge in [-0.05, 0) is 20.4 Å². The molecule has 2 fully saturated rings. The van der Waals surface area contributed by atoms with E-state index in [4.69, 9.17) is 0 Å². The van der Waals surface area contributed by atoms with Crippen LogP contribution >= 0.6 is 0 Å². The number of hydrogen-bond acceptors (Lipinski definition) is 5. The molecule has 2 saturated heterocycles. The Labute approximate surface area is 112 Å². The molecular formula is C13H31N5. The lowest BCUT2D eigenvalue weighted by molar-refractivity contribution is 0.140. The highest BCUT2D eigenvalue weighted by atomic mass is 15.5. The second-order valence-corrected chi connectivity index (χ2v) is 5.23. The smallest absolute Gasteiger partial charge is 0.0256 e. The summed E-state index contributed by atoms with van der Waals surface area (Å²) in [5.41, 5.74) is 3.46. The van der Waals surface area contributed by atoms with Crippen LogP contribution in [0.5, 0.6) is 0 Å². The second-order valence-electron chi connectivity index (χ2n) is 5.23. The van der Waals surface area contributed by atoms with Crippen LogP contribution in [0.2, 0.25) is 0 Å². The van der Waals surface area contributed by atoms with Crippen molar-refractivity contribution in [3.63, 3.8) is 0 Å². The maximum absolute atomic E-state index is 3.46. The van der Waals surface area contributed by atoms with Crippen molar-refractivity contribution in [3.8, 4) is 0 Å². The van der Waals surface area contributed by atoms with E-state index >= 15 is 0 Å². The molecule has 0 amide bonds. The summed E-state index contributed by atoms with van der Waals surface area (Å²) in [4.78, 5) is 2.33. The molecule has 1 unspecified atom stereocenters. The Bertz CT molecular complexity index is 188. The zero-order chi connectivity index (χ0) is 13.2. The van der Waals surface area contributed by atoms with E-state index in [-0.39, 0.29) is 0 Å². The summed E-state index contributed by atoms with van der Waals surface area (Å²) in [6, 6.07) is 0.619. The van der Waals surface area contributed by atoms with Gasteiger partial charge in [0.25, 0.3) is 0 Å². The summed E-state index contributed by atoms with van der Waals surface area (Å²) in [5.74, 6) is 0. The number of nitrogens with one attached hydrogen (secondary N) is 3. The molecule has 0 bridgehead atoms. The van der Waals surface area contributed by atoms with E-state index in [2.05, 4.69) is 46.9 Å². The van der Waals surface area contributed by atoms with Crippen molar-refractivity contribution >= 4 is 0 Å².